The van der Waals surface area contributed by atoms with E-state index in [1.807, 2.05) is 30.9 Å². The molecule has 246 valence electrons. The van der Waals surface area contributed by atoms with Gasteiger partial charge in [-0.3, -0.25) is 14.5 Å². The maximum absolute atomic E-state index is 13.4. The van der Waals surface area contributed by atoms with E-state index in [1.54, 1.807) is 12.3 Å². The molecule has 1 unspecified atom stereocenters. The monoisotopic (exact) mass is 631 g/mol. The topological polar surface area (TPSA) is 136 Å². The number of pyridine rings is 1. The van der Waals surface area contributed by atoms with E-state index in [1.165, 1.54) is 23.9 Å². The lowest BCUT2D eigenvalue weighted by molar-refractivity contribution is -0.134. The number of piperazine rings is 1. The summed E-state index contributed by atoms with van der Waals surface area (Å²) in [6.45, 7) is 8.91. The fourth-order valence-corrected chi connectivity index (χ4v) is 6.14. The minimum atomic E-state index is -0.713. The lowest BCUT2D eigenvalue weighted by atomic mass is 9.93. The van der Waals surface area contributed by atoms with Crippen molar-refractivity contribution in [1.82, 2.24) is 25.1 Å². The van der Waals surface area contributed by atoms with Crippen LogP contribution < -0.4 is 20.3 Å². The third kappa shape index (κ3) is 7.97. The number of hydrogen-bond acceptors (Lipinski definition) is 10. The van der Waals surface area contributed by atoms with Crippen molar-refractivity contribution in [2.24, 2.45) is 5.92 Å². The maximum Gasteiger partial charge on any atom is 0.251 e. The summed E-state index contributed by atoms with van der Waals surface area (Å²) in [5, 5.41) is 17.3. The van der Waals surface area contributed by atoms with E-state index in [0.29, 0.717) is 62.5 Å². The third-order valence-electron chi connectivity index (χ3n) is 9.04. The largest absolute Gasteiger partial charge is 0.486 e. The van der Waals surface area contributed by atoms with Gasteiger partial charge in [-0.2, -0.15) is 0 Å². The minimum absolute atomic E-state index is 0.0266. The van der Waals surface area contributed by atoms with E-state index in [4.69, 9.17) is 14.1 Å². The molecule has 6 rings (SSSR count). The summed E-state index contributed by atoms with van der Waals surface area (Å²) in [5.41, 5.74) is 2.95. The van der Waals surface area contributed by atoms with Crippen LogP contribution in [-0.2, 0) is 24.4 Å². The second kappa shape index (κ2) is 14.5. The number of nitrogens with zero attached hydrogens (tertiary/aromatic N) is 5. The summed E-state index contributed by atoms with van der Waals surface area (Å²) in [5.74, 6) is 2.78. The number of aliphatic hydroxyl groups excluding tert-OH is 1. The number of hydrogen-bond donors (Lipinski definition) is 3. The molecule has 1 aliphatic carbocycles. The summed E-state index contributed by atoms with van der Waals surface area (Å²) >= 11 is 0. The highest BCUT2D eigenvalue weighted by molar-refractivity contribution is 5.95. The smallest absolute Gasteiger partial charge is 0.251 e. The quantitative estimate of drug-likeness (QED) is 0.274. The van der Waals surface area contributed by atoms with Crippen LogP contribution in [0.4, 0.5) is 11.6 Å². The fraction of sp³-hybridized carbons (Fsp3) is 0.529. The van der Waals surface area contributed by atoms with Gasteiger partial charge in [0.1, 0.15) is 24.0 Å². The van der Waals surface area contributed by atoms with Crippen molar-refractivity contribution in [3.63, 3.8) is 0 Å². The van der Waals surface area contributed by atoms with Crippen molar-refractivity contribution in [2.45, 2.75) is 64.8 Å². The summed E-state index contributed by atoms with van der Waals surface area (Å²) in [7, 11) is 0. The first kappa shape index (κ1) is 31.8. The molecule has 4 heterocycles. The molecule has 12 nitrogen and oxygen atoms in total. The Hall–Kier alpha value is -4.16. The molecule has 2 aromatic heterocycles. The summed E-state index contributed by atoms with van der Waals surface area (Å²) < 4.78 is 11.1. The van der Waals surface area contributed by atoms with Crippen molar-refractivity contribution < 1.29 is 23.8 Å². The van der Waals surface area contributed by atoms with E-state index >= 15 is 0 Å². The van der Waals surface area contributed by atoms with Gasteiger partial charge in [-0.25, -0.2) is 9.97 Å². The zero-order chi connectivity index (χ0) is 32.0. The van der Waals surface area contributed by atoms with Gasteiger partial charge in [0, 0.05) is 69.9 Å². The number of nitrogens with one attached hydrogen (secondary N) is 2. The second-order valence-corrected chi connectivity index (χ2v) is 12.9. The Bertz CT molecular complexity index is 1480. The molecule has 1 aromatic carbocycles. The molecule has 2 fully saturated rings. The number of ether oxygens (including phenoxy) is 1. The molecule has 12 heteroatoms. The first-order chi connectivity index (χ1) is 22.3. The van der Waals surface area contributed by atoms with Gasteiger partial charge in [0.15, 0.2) is 12.2 Å². The molecule has 0 bridgehead atoms. The van der Waals surface area contributed by atoms with Crippen LogP contribution in [0, 0.1) is 5.92 Å². The molecule has 2 aliphatic heterocycles. The Balaban J connectivity index is 1.02. The van der Waals surface area contributed by atoms with E-state index < -0.39 is 6.10 Å². The summed E-state index contributed by atoms with van der Waals surface area (Å²) in [4.78, 5) is 40.8. The number of aliphatic hydroxyl groups is 1. The first-order valence-corrected chi connectivity index (χ1v) is 16.4. The van der Waals surface area contributed by atoms with Crippen LogP contribution >= 0.6 is 0 Å². The van der Waals surface area contributed by atoms with E-state index in [9.17, 15) is 14.7 Å². The van der Waals surface area contributed by atoms with Gasteiger partial charge in [0.2, 0.25) is 5.91 Å². The SMILES string of the molecule is CC(C)C(=O)N1CCN(c2cc(C(=O)NCC(O)CN3CCc4cc(OCc5cnco5)ccc4C3)cc(NC3CCC3)n2)CC1. The van der Waals surface area contributed by atoms with Crippen molar-refractivity contribution in [3.8, 4) is 5.75 Å². The van der Waals surface area contributed by atoms with Crippen LogP contribution in [0.5, 0.6) is 5.75 Å². The number of aromatic nitrogens is 2. The molecule has 3 N–H and O–H groups in total. The van der Waals surface area contributed by atoms with Crippen molar-refractivity contribution in [3.05, 3.63) is 65.4 Å². The van der Waals surface area contributed by atoms with Crippen LogP contribution in [0.25, 0.3) is 0 Å². The lowest BCUT2D eigenvalue weighted by Gasteiger charge is -2.36. The first-order valence-electron chi connectivity index (χ1n) is 16.4. The van der Waals surface area contributed by atoms with Crippen LogP contribution in [0.1, 0.15) is 60.4 Å². The number of fused-ring (bicyclic) bond motifs is 1. The third-order valence-corrected chi connectivity index (χ3v) is 9.04. The zero-order valence-corrected chi connectivity index (χ0v) is 26.8. The molecule has 0 spiro atoms. The molecular formula is C34H45N7O5. The number of oxazole rings is 1. The number of carbonyl (C=O) groups excluding carboxylic acids is 2. The number of carbonyl (C=O) groups is 2. The molecule has 46 heavy (non-hydrogen) atoms. The molecule has 1 saturated heterocycles. The molecule has 3 aliphatic rings. The lowest BCUT2D eigenvalue weighted by Crippen LogP contribution is -2.50. The Morgan fingerprint density at radius 3 is 2.63 bits per heavy atom. The maximum atomic E-state index is 13.4. The Morgan fingerprint density at radius 1 is 1.09 bits per heavy atom. The van der Waals surface area contributed by atoms with Gasteiger partial charge in [0.05, 0.1) is 12.3 Å². The van der Waals surface area contributed by atoms with Crippen molar-refractivity contribution in [2.75, 3.05) is 56.0 Å². The predicted molar refractivity (Wildman–Crippen MR) is 174 cm³/mol. The Morgan fingerprint density at radius 2 is 1.91 bits per heavy atom. The van der Waals surface area contributed by atoms with Crippen LogP contribution in [0.15, 0.2) is 47.3 Å². The zero-order valence-electron chi connectivity index (χ0n) is 26.8. The average molecular weight is 632 g/mol. The van der Waals surface area contributed by atoms with E-state index in [2.05, 4.69) is 37.6 Å². The molecule has 1 saturated carbocycles. The molecule has 2 amide bonds. The van der Waals surface area contributed by atoms with Crippen molar-refractivity contribution in [1.29, 1.82) is 0 Å². The highest BCUT2D eigenvalue weighted by Gasteiger charge is 2.26. The minimum Gasteiger partial charge on any atom is -0.486 e. The molecule has 3 aromatic rings. The number of rotatable bonds is 12. The van der Waals surface area contributed by atoms with Gasteiger partial charge >= 0.3 is 0 Å². The molecular weight excluding hydrogens is 586 g/mol. The van der Waals surface area contributed by atoms with Gasteiger partial charge in [0.25, 0.3) is 5.91 Å². The summed E-state index contributed by atoms with van der Waals surface area (Å²) in [6, 6.07) is 10.1. The second-order valence-electron chi connectivity index (χ2n) is 12.9. The van der Waals surface area contributed by atoms with Crippen LogP contribution in [-0.4, -0.2) is 94.6 Å². The van der Waals surface area contributed by atoms with Gasteiger partial charge in [-0.05, 0) is 61.1 Å². The highest BCUT2D eigenvalue weighted by Crippen LogP contribution is 2.27. The fourth-order valence-electron chi connectivity index (χ4n) is 6.14. The number of amides is 2. The van der Waals surface area contributed by atoms with Crippen LogP contribution in [0.2, 0.25) is 0 Å². The highest BCUT2D eigenvalue weighted by atomic mass is 16.5. The summed E-state index contributed by atoms with van der Waals surface area (Å²) in [6.07, 6.45) is 6.55. The van der Waals surface area contributed by atoms with Gasteiger partial charge < -0.3 is 34.7 Å². The Labute approximate surface area is 270 Å². The van der Waals surface area contributed by atoms with Crippen LogP contribution in [0.3, 0.4) is 0 Å². The van der Waals surface area contributed by atoms with E-state index in [-0.39, 0.29) is 24.3 Å². The number of β-amino-alcohol motifs (C(OH)–C–C–N with tert-alkyl or cyclic N) is 1. The standard InChI is InChI=1S/C34H45N7O5/c1-23(2)34(44)41-12-10-40(11-13-41)32-16-26(15-31(38-32)37-27-4-3-5-27)33(43)36-17-28(42)20-39-9-8-24-14-29(7-6-25(24)19-39)45-21-30-18-35-22-46-30/h6-7,14-16,18,22-23,27-28,42H,3-5,8-13,17,19-21H2,1-2H3,(H,36,43)(H,37,38). The van der Waals surface area contributed by atoms with Crippen molar-refractivity contribution >= 4 is 23.5 Å². The van der Waals surface area contributed by atoms with E-state index in [0.717, 1.165) is 43.9 Å². The Kier molecular flexibility index (Phi) is 10.0. The molecule has 0 radical (unpaired) electrons. The number of anilines is 2. The predicted octanol–water partition coefficient (Wildman–Crippen LogP) is 3.07. The molecule has 1 atom stereocenters. The average Bonchev–Trinajstić information content (AvgIpc) is 3.58. The van der Waals surface area contributed by atoms with Gasteiger partial charge in [-0.15, -0.1) is 0 Å². The number of benzene rings is 1. The normalized spacial score (nSPS) is 17.7. The van der Waals surface area contributed by atoms with Gasteiger partial charge in [-0.1, -0.05) is 19.9 Å².